The smallest absolute Gasteiger partial charge is 0.317 e. The Labute approximate surface area is 89.8 Å². The molecule has 2 N–H and O–H groups in total. The van der Waals surface area contributed by atoms with E-state index in [1.54, 1.807) is 17.9 Å². The minimum atomic E-state index is -0.930. The molecular formula is C10H18N2O3. The molecule has 0 aromatic rings. The number of nitrogens with one attached hydrogen (secondary N) is 1. The number of nitrogens with zero attached hydrogens (tertiary/aromatic N) is 1. The Kier molecular flexibility index (Phi) is 6.37. The second-order valence-electron chi connectivity index (χ2n) is 3.17. The zero-order valence-electron chi connectivity index (χ0n) is 9.19. The van der Waals surface area contributed by atoms with Gasteiger partial charge in [-0.25, -0.2) is 0 Å². The van der Waals surface area contributed by atoms with Gasteiger partial charge in [-0.1, -0.05) is 13.0 Å². The van der Waals surface area contributed by atoms with E-state index in [1.165, 1.54) is 0 Å². The highest BCUT2D eigenvalue weighted by atomic mass is 16.4. The zero-order chi connectivity index (χ0) is 11.8. The van der Waals surface area contributed by atoms with Gasteiger partial charge in [0.2, 0.25) is 5.91 Å². The van der Waals surface area contributed by atoms with Gasteiger partial charge < -0.3 is 10.4 Å². The van der Waals surface area contributed by atoms with Gasteiger partial charge in [0.15, 0.2) is 0 Å². The molecule has 0 heterocycles. The summed E-state index contributed by atoms with van der Waals surface area (Å²) in [6.45, 7) is 7.78. The van der Waals surface area contributed by atoms with Crippen LogP contribution in [0.3, 0.4) is 0 Å². The van der Waals surface area contributed by atoms with Crippen LogP contribution in [0.1, 0.15) is 13.8 Å². The fraction of sp³-hybridized carbons (Fsp3) is 0.600. The van der Waals surface area contributed by atoms with Crippen molar-refractivity contribution in [2.45, 2.75) is 19.9 Å². The number of aliphatic carboxylic acids is 1. The molecule has 1 amide bonds. The molecule has 0 saturated heterocycles. The van der Waals surface area contributed by atoms with Crippen molar-refractivity contribution in [1.82, 2.24) is 10.2 Å². The van der Waals surface area contributed by atoms with Crippen molar-refractivity contribution < 1.29 is 14.7 Å². The van der Waals surface area contributed by atoms with Crippen molar-refractivity contribution in [3.05, 3.63) is 12.7 Å². The minimum Gasteiger partial charge on any atom is -0.480 e. The lowest BCUT2D eigenvalue weighted by Gasteiger charge is -2.24. The van der Waals surface area contributed by atoms with Gasteiger partial charge in [-0.3, -0.25) is 14.5 Å². The molecule has 1 unspecified atom stereocenters. The topological polar surface area (TPSA) is 69.6 Å². The predicted octanol–water partition coefficient (Wildman–Crippen LogP) is 0.0836. The van der Waals surface area contributed by atoms with Gasteiger partial charge in [0.1, 0.15) is 0 Å². The largest absolute Gasteiger partial charge is 0.480 e. The maximum Gasteiger partial charge on any atom is 0.317 e. The van der Waals surface area contributed by atoms with Crippen LogP contribution in [0.4, 0.5) is 0 Å². The first-order chi connectivity index (χ1) is 7.02. The number of carboxylic acid groups (broad SMARTS) is 1. The maximum atomic E-state index is 11.5. The summed E-state index contributed by atoms with van der Waals surface area (Å²) in [6.07, 6.45) is 1.58. The second-order valence-corrected chi connectivity index (χ2v) is 3.17. The van der Waals surface area contributed by atoms with E-state index in [9.17, 15) is 9.59 Å². The Morgan fingerprint density at radius 2 is 2.20 bits per heavy atom. The lowest BCUT2D eigenvalue weighted by Crippen LogP contribution is -2.47. The molecule has 0 aliphatic carbocycles. The lowest BCUT2D eigenvalue weighted by atomic mass is 10.2. The van der Waals surface area contributed by atoms with E-state index in [1.807, 2.05) is 6.92 Å². The normalized spacial score (nSPS) is 12.2. The van der Waals surface area contributed by atoms with Gasteiger partial charge in [-0.15, -0.1) is 6.58 Å². The monoisotopic (exact) mass is 214 g/mol. The molecule has 15 heavy (non-hydrogen) atoms. The predicted molar refractivity (Wildman–Crippen MR) is 57.6 cm³/mol. The zero-order valence-corrected chi connectivity index (χ0v) is 9.19. The van der Waals surface area contributed by atoms with E-state index >= 15 is 0 Å². The highest BCUT2D eigenvalue weighted by Crippen LogP contribution is 1.98. The van der Waals surface area contributed by atoms with E-state index in [4.69, 9.17) is 5.11 Å². The first-order valence-corrected chi connectivity index (χ1v) is 4.87. The Morgan fingerprint density at radius 3 is 2.60 bits per heavy atom. The fourth-order valence-corrected chi connectivity index (χ4v) is 1.18. The van der Waals surface area contributed by atoms with Crippen molar-refractivity contribution in [1.29, 1.82) is 0 Å². The molecule has 0 spiro atoms. The van der Waals surface area contributed by atoms with E-state index in [0.29, 0.717) is 13.1 Å². The van der Waals surface area contributed by atoms with Crippen LogP contribution in [0.5, 0.6) is 0 Å². The molecule has 0 aromatic heterocycles. The van der Waals surface area contributed by atoms with Gasteiger partial charge in [-0.05, 0) is 13.5 Å². The van der Waals surface area contributed by atoms with E-state index in [0.717, 1.165) is 0 Å². The summed E-state index contributed by atoms with van der Waals surface area (Å²) in [5.41, 5.74) is 0. The van der Waals surface area contributed by atoms with Gasteiger partial charge >= 0.3 is 5.97 Å². The van der Waals surface area contributed by atoms with Crippen LogP contribution >= 0.6 is 0 Å². The Bertz CT molecular complexity index is 241. The molecule has 5 heteroatoms. The number of amides is 1. The second kappa shape index (κ2) is 7.00. The van der Waals surface area contributed by atoms with E-state index < -0.39 is 12.0 Å². The molecular weight excluding hydrogens is 196 g/mol. The number of carbonyl (C=O) groups is 2. The summed E-state index contributed by atoms with van der Waals surface area (Å²) in [5.74, 6) is -1.11. The van der Waals surface area contributed by atoms with Crippen LogP contribution in [-0.2, 0) is 9.59 Å². The Balaban J connectivity index is 4.23. The van der Waals surface area contributed by atoms with Gasteiger partial charge in [-0.2, -0.15) is 0 Å². The molecule has 0 aliphatic heterocycles. The lowest BCUT2D eigenvalue weighted by molar-refractivity contribution is -0.139. The molecule has 0 aliphatic rings. The van der Waals surface area contributed by atoms with Gasteiger partial charge in [0.05, 0.1) is 12.6 Å². The molecule has 0 bridgehead atoms. The number of carboxylic acids is 1. The summed E-state index contributed by atoms with van der Waals surface area (Å²) >= 11 is 0. The van der Waals surface area contributed by atoms with Crippen LogP contribution in [0.15, 0.2) is 12.7 Å². The Hall–Kier alpha value is -1.36. The fourth-order valence-electron chi connectivity index (χ4n) is 1.18. The van der Waals surface area contributed by atoms with Crippen LogP contribution in [-0.4, -0.2) is 47.6 Å². The maximum absolute atomic E-state index is 11.5. The minimum absolute atomic E-state index is 0.126. The van der Waals surface area contributed by atoms with E-state index in [2.05, 4.69) is 11.9 Å². The van der Waals surface area contributed by atoms with Crippen LogP contribution in [0, 0.1) is 0 Å². The number of carbonyl (C=O) groups excluding carboxylic acids is 1. The highest BCUT2D eigenvalue weighted by molar-refractivity contribution is 5.82. The molecule has 0 aromatic carbocycles. The van der Waals surface area contributed by atoms with Crippen molar-refractivity contribution in [3.63, 3.8) is 0 Å². The molecule has 0 rings (SSSR count). The molecule has 5 nitrogen and oxygen atoms in total. The van der Waals surface area contributed by atoms with Crippen molar-refractivity contribution in [2.75, 3.05) is 19.6 Å². The van der Waals surface area contributed by atoms with Gasteiger partial charge in [0, 0.05) is 6.54 Å². The summed E-state index contributed by atoms with van der Waals surface area (Å²) in [5, 5.41) is 11.3. The number of hydrogen-bond acceptors (Lipinski definition) is 3. The first-order valence-electron chi connectivity index (χ1n) is 4.87. The van der Waals surface area contributed by atoms with Crippen LogP contribution in [0.25, 0.3) is 0 Å². The average Bonchev–Trinajstić information content (AvgIpc) is 2.21. The van der Waals surface area contributed by atoms with Crippen molar-refractivity contribution >= 4 is 11.9 Å². The first kappa shape index (κ1) is 13.6. The SMILES string of the molecule is C=CCNC(=O)C(C)N(CC)CC(=O)O. The molecule has 86 valence electrons. The number of rotatable bonds is 7. The van der Waals surface area contributed by atoms with Gasteiger partial charge in [0.25, 0.3) is 0 Å². The third kappa shape index (κ3) is 5.17. The highest BCUT2D eigenvalue weighted by Gasteiger charge is 2.20. The quantitative estimate of drug-likeness (QED) is 0.589. The number of hydrogen-bond donors (Lipinski definition) is 2. The van der Waals surface area contributed by atoms with E-state index in [-0.39, 0.29) is 12.5 Å². The average molecular weight is 214 g/mol. The Morgan fingerprint density at radius 1 is 1.60 bits per heavy atom. The molecule has 0 fully saturated rings. The third-order valence-electron chi connectivity index (χ3n) is 2.09. The number of likely N-dealkylation sites (N-methyl/N-ethyl adjacent to an activating group) is 1. The third-order valence-corrected chi connectivity index (χ3v) is 2.09. The van der Waals surface area contributed by atoms with Crippen molar-refractivity contribution in [2.24, 2.45) is 0 Å². The standard InChI is InChI=1S/C10H18N2O3/c1-4-6-11-10(15)8(3)12(5-2)7-9(13)14/h4,8H,1,5-7H2,2-3H3,(H,11,15)(H,13,14). The summed E-state index contributed by atoms with van der Waals surface area (Å²) < 4.78 is 0. The van der Waals surface area contributed by atoms with Crippen LogP contribution < -0.4 is 5.32 Å². The molecule has 0 radical (unpaired) electrons. The summed E-state index contributed by atoms with van der Waals surface area (Å²) in [7, 11) is 0. The summed E-state index contributed by atoms with van der Waals surface area (Å²) in [6, 6.07) is -0.439. The molecule has 1 atom stereocenters. The van der Waals surface area contributed by atoms with Crippen LogP contribution in [0.2, 0.25) is 0 Å². The van der Waals surface area contributed by atoms with Crippen molar-refractivity contribution in [3.8, 4) is 0 Å². The molecule has 0 saturated carbocycles. The summed E-state index contributed by atoms with van der Waals surface area (Å²) in [4.78, 5) is 23.6.